The molecule has 0 aromatic heterocycles. The first kappa shape index (κ1) is 15.3. The summed E-state index contributed by atoms with van der Waals surface area (Å²) in [6.07, 6.45) is 4.61. The summed E-state index contributed by atoms with van der Waals surface area (Å²) in [5, 5.41) is 9.61. The molecule has 0 amide bonds. The van der Waals surface area contributed by atoms with E-state index >= 15 is 0 Å². The van der Waals surface area contributed by atoms with Gasteiger partial charge in [-0.3, -0.25) is 0 Å². The number of ether oxygens (including phenoxy) is 2. The molecule has 4 heteroatoms. The maximum Gasteiger partial charge on any atom is 0.205 e. The molecule has 1 atom stereocenters. The quantitative estimate of drug-likeness (QED) is 0.851. The first-order valence-electron chi connectivity index (χ1n) is 6.09. The van der Waals surface area contributed by atoms with Crippen LogP contribution in [0.5, 0.6) is 0 Å². The Balaban J connectivity index is 3.13. The first-order valence-corrected chi connectivity index (χ1v) is 6.46. The van der Waals surface area contributed by atoms with Gasteiger partial charge in [0.15, 0.2) is 0 Å². The summed E-state index contributed by atoms with van der Waals surface area (Å²) >= 11 is 6.17. The summed E-state index contributed by atoms with van der Waals surface area (Å²) in [5.41, 5.74) is 0.905. The van der Waals surface area contributed by atoms with Crippen molar-refractivity contribution >= 4 is 11.6 Å². The van der Waals surface area contributed by atoms with E-state index in [1.807, 2.05) is 20.8 Å². The van der Waals surface area contributed by atoms with Crippen LogP contribution in [0.1, 0.15) is 33.6 Å². The van der Waals surface area contributed by atoms with Gasteiger partial charge in [0.1, 0.15) is 5.76 Å². The summed E-state index contributed by atoms with van der Waals surface area (Å²) in [4.78, 5) is 0. The zero-order valence-corrected chi connectivity index (χ0v) is 12.0. The van der Waals surface area contributed by atoms with Crippen molar-refractivity contribution in [3.63, 3.8) is 0 Å². The number of aliphatic hydroxyl groups is 1. The summed E-state index contributed by atoms with van der Waals surface area (Å²) in [6.45, 7) is 9.40. The van der Waals surface area contributed by atoms with E-state index in [9.17, 15) is 0 Å². The Morgan fingerprint density at radius 2 is 2.28 bits per heavy atom. The van der Waals surface area contributed by atoms with Crippen LogP contribution in [-0.4, -0.2) is 23.6 Å². The van der Waals surface area contributed by atoms with Gasteiger partial charge in [-0.05, 0) is 18.9 Å². The summed E-state index contributed by atoms with van der Waals surface area (Å²) in [7, 11) is 0. The number of aliphatic hydroxyl groups excluding tert-OH is 1. The van der Waals surface area contributed by atoms with Crippen LogP contribution in [0, 0.1) is 0 Å². The molecule has 0 aliphatic carbocycles. The first-order chi connectivity index (χ1) is 8.43. The monoisotopic (exact) mass is 272 g/mol. The minimum atomic E-state index is -0.775. The van der Waals surface area contributed by atoms with Gasteiger partial charge in [0.25, 0.3) is 0 Å². The maximum absolute atomic E-state index is 9.06. The lowest BCUT2D eigenvalue weighted by Crippen LogP contribution is -2.32. The summed E-state index contributed by atoms with van der Waals surface area (Å²) in [6, 6.07) is 0. The van der Waals surface area contributed by atoms with E-state index in [-0.39, 0.29) is 12.7 Å². The molecular weight excluding hydrogens is 252 g/mol. The third kappa shape index (κ3) is 3.87. The molecule has 1 aliphatic rings. The molecule has 1 rings (SSSR count). The van der Waals surface area contributed by atoms with Crippen LogP contribution in [0.3, 0.4) is 0 Å². The Hall–Kier alpha value is -0.770. The minimum Gasteiger partial charge on any atom is -0.461 e. The lowest BCUT2D eigenvalue weighted by atomic mass is 10.0. The van der Waals surface area contributed by atoms with Crippen LogP contribution in [0.2, 0.25) is 0 Å². The van der Waals surface area contributed by atoms with Crippen molar-refractivity contribution in [2.24, 2.45) is 0 Å². The highest BCUT2D eigenvalue weighted by atomic mass is 35.5. The molecule has 1 aliphatic heterocycles. The fraction of sp³-hybridized carbons (Fsp3) is 0.571. The normalized spacial score (nSPS) is 24.5. The van der Waals surface area contributed by atoms with Gasteiger partial charge in [-0.25, -0.2) is 0 Å². The fourth-order valence-corrected chi connectivity index (χ4v) is 2.09. The maximum atomic E-state index is 9.06. The third-order valence-electron chi connectivity index (χ3n) is 2.71. The highest BCUT2D eigenvalue weighted by molar-refractivity contribution is 6.31. The van der Waals surface area contributed by atoms with Gasteiger partial charge < -0.3 is 14.6 Å². The summed E-state index contributed by atoms with van der Waals surface area (Å²) < 4.78 is 11.7. The second kappa shape index (κ2) is 6.41. The molecule has 3 nitrogen and oxygen atoms in total. The second-order valence-electron chi connectivity index (χ2n) is 4.65. The molecule has 1 unspecified atom stereocenters. The Bertz CT molecular complexity index is 369. The molecule has 0 aromatic carbocycles. The molecule has 18 heavy (non-hydrogen) atoms. The molecule has 1 N–H and O–H groups in total. The van der Waals surface area contributed by atoms with Crippen LogP contribution in [0.4, 0.5) is 0 Å². The Labute approximate surface area is 114 Å². The van der Waals surface area contributed by atoms with E-state index < -0.39 is 5.79 Å². The van der Waals surface area contributed by atoms with E-state index in [0.29, 0.717) is 23.6 Å². The molecule has 0 saturated heterocycles. The van der Waals surface area contributed by atoms with Gasteiger partial charge >= 0.3 is 0 Å². The standard InChI is InChI=1S/C14H21ClO3/c1-5-10-9-11(7-8-16)17-14(3,4)18-13(10)12(15)6-2/h5-6,11,16H,1,7-9H2,2-4H3/b12-6+. The van der Waals surface area contributed by atoms with Gasteiger partial charge in [-0.1, -0.05) is 30.3 Å². The average Bonchev–Trinajstić information content (AvgIpc) is 2.44. The smallest absolute Gasteiger partial charge is 0.205 e. The fourth-order valence-electron chi connectivity index (χ4n) is 1.93. The topological polar surface area (TPSA) is 38.7 Å². The van der Waals surface area contributed by atoms with Gasteiger partial charge in [-0.15, -0.1) is 0 Å². The lowest BCUT2D eigenvalue weighted by Gasteiger charge is -2.29. The van der Waals surface area contributed by atoms with Crippen LogP contribution in [0.25, 0.3) is 0 Å². The largest absolute Gasteiger partial charge is 0.461 e. The molecule has 0 bridgehead atoms. The molecule has 0 spiro atoms. The molecular formula is C14H21ClO3. The van der Waals surface area contributed by atoms with Gasteiger partial charge in [0, 0.05) is 26.9 Å². The molecule has 0 fully saturated rings. The van der Waals surface area contributed by atoms with E-state index in [1.54, 1.807) is 12.2 Å². The predicted molar refractivity (Wildman–Crippen MR) is 73.2 cm³/mol. The number of hydrogen-bond donors (Lipinski definition) is 1. The van der Waals surface area contributed by atoms with Crippen LogP contribution < -0.4 is 0 Å². The van der Waals surface area contributed by atoms with E-state index in [2.05, 4.69) is 6.58 Å². The lowest BCUT2D eigenvalue weighted by molar-refractivity contribution is -0.210. The SMILES string of the molecule is C=CC1=C(/C(Cl)=C\C)OC(C)(C)OC(CCO)C1. The van der Waals surface area contributed by atoms with Crippen molar-refractivity contribution in [2.75, 3.05) is 6.61 Å². The molecule has 0 radical (unpaired) electrons. The van der Waals surface area contributed by atoms with E-state index in [1.165, 1.54) is 0 Å². The summed E-state index contributed by atoms with van der Waals surface area (Å²) in [5.74, 6) is -0.164. The highest BCUT2D eigenvalue weighted by Crippen LogP contribution is 2.34. The Morgan fingerprint density at radius 3 is 2.78 bits per heavy atom. The van der Waals surface area contributed by atoms with Crippen LogP contribution in [-0.2, 0) is 9.47 Å². The molecule has 0 aromatic rings. The number of halogens is 1. The van der Waals surface area contributed by atoms with Crippen molar-refractivity contribution in [2.45, 2.75) is 45.5 Å². The predicted octanol–water partition coefficient (Wildman–Crippen LogP) is 3.49. The van der Waals surface area contributed by atoms with Gasteiger partial charge in [0.2, 0.25) is 5.79 Å². The molecule has 1 heterocycles. The highest BCUT2D eigenvalue weighted by Gasteiger charge is 2.32. The Morgan fingerprint density at radius 1 is 1.61 bits per heavy atom. The number of hydrogen-bond acceptors (Lipinski definition) is 3. The van der Waals surface area contributed by atoms with Crippen molar-refractivity contribution < 1.29 is 14.6 Å². The van der Waals surface area contributed by atoms with Crippen LogP contribution in [0.15, 0.2) is 35.1 Å². The average molecular weight is 273 g/mol. The Kier molecular flexibility index (Phi) is 5.45. The number of allylic oxidation sites excluding steroid dienone is 3. The minimum absolute atomic E-state index is 0.0812. The van der Waals surface area contributed by atoms with Gasteiger partial charge in [-0.2, -0.15) is 0 Å². The second-order valence-corrected chi connectivity index (χ2v) is 5.06. The van der Waals surface area contributed by atoms with Gasteiger partial charge in [0.05, 0.1) is 11.1 Å². The van der Waals surface area contributed by atoms with Crippen molar-refractivity contribution in [3.05, 3.63) is 35.1 Å². The zero-order valence-electron chi connectivity index (χ0n) is 11.2. The van der Waals surface area contributed by atoms with E-state index in [0.717, 1.165) is 5.57 Å². The van der Waals surface area contributed by atoms with Crippen molar-refractivity contribution in [1.29, 1.82) is 0 Å². The van der Waals surface area contributed by atoms with Crippen molar-refractivity contribution in [1.82, 2.24) is 0 Å². The zero-order chi connectivity index (χ0) is 13.8. The number of rotatable bonds is 4. The van der Waals surface area contributed by atoms with E-state index in [4.69, 9.17) is 26.2 Å². The third-order valence-corrected chi connectivity index (χ3v) is 3.10. The molecule has 0 saturated carbocycles. The van der Waals surface area contributed by atoms with Crippen LogP contribution >= 0.6 is 11.6 Å². The molecule has 102 valence electrons. The van der Waals surface area contributed by atoms with Crippen molar-refractivity contribution in [3.8, 4) is 0 Å².